The Morgan fingerprint density at radius 2 is 2.07 bits per heavy atom. The number of hydrogen-bond donors (Lipinski definition) is 1. The van der Waals surface area contributed by atoms with E-state index in [2.05, 4.69) is 21.2 Å². The van der Waals surface area contributed by atoms with Crippen molar-refractivity contribution in [2.24, 2.45) is 0 Å². The molecule has 1 aromatic carbocycles. The Morgan fingerprint density at radius 1 is 1.33 bits per heavy atom. The highest BCUT2D eigenvalue weighted by Gasteiger charge is 2.11. The van der Waals surface area contributed by atoms with Crippen molar-refractivity contribution in [3.8, 4) is 11.5 Å². The summed E-state index contributed by atoms with van der Waals surface area (Å²) in [5.41, 5.74) is 0.979. The predicted octanol–water partition coefficient (Wildman–Crippen LogP) is 2.06. The SMILES string of the molecule is O=C(Br)NCc1ccc2c(c1)OCCO2. The molecule has 0 atom stereocenters. The van der Waals surface area contributed by atoms with E-state index in [-0.39, 0.29) is 4.82 Å². The van der Waals surface area contributed by atoms with Crippen LogP contribution in [-0.4, -0.2) is 18.0 Å². The molecule has 4 nitrogen and oxygen atoms in total. The Bertz CT molecular complexity index is 381. The number of nitrogens with one attached hydrogen (secondary N) is 1. The number of fused-ring (bicyclic) bond motifs is 1. The molecule has 5 heteroatoms. The molecular weight excluding hydrogens is 262 g/mol. The summed E-state index contributed by atoms with van der Waals surface area (Å²) in [5.74, 6) is 1.50. The first-order chi connectivity index (χ1) is 7.25. The number of carbonyl (C=O) groups is 1. The normalized spacial score (nSPS) is 13.4. The Kier molecular flexibility index (Phi) is 3.11. The zero-order valence-electron chi connectivity index (χ0n) is 7.96. The second kappa shape index (κ2) is 4.53. The molecule has 1 aliphatic rings. The van der Waals surface area contributed by atoms with Gasteiger partial charge >= 0.3 is 0 Å². The second-order valence-corrected chi connectivity index (χ2v) is 3.83. The molecule has 0 aliphatic carbocycles. The van der Waals surface area contributed by atoms with Gasteiger partial charge in [-0.15, -0.1) is 0 Å². The van der Waals surface area contributed by atoms with Crippen molar-refractivity contribution >= 4 is 20.7 Å². The fourth-order valence-electron chi connectivity index (χ4n) is 1.37. The van der Waals surface area contributed by atoms with Crippen LogP contribution in [0.3, 0.4) is 0 Å². The number of ether oxygens (including phenoxy) is 2. The largest absolute Gasteiger partial charge is 0.486 e. The van der Waals surface area contributed by atoms with Gasteiger partial charge in [-0.1, -0.05) is 6.07 Å². The molecule has 0 unspecified atom stereocenters. The number of hydrogen-bond acceptors (Lipinski definition) is 3. The van der Waals surface area contributed by atoms with Gasteiger partial charge in [0.1, 0.15) is 13.2 Å². The third-order valence-electron chi connectivity index (χ3n) is 2.04. The third kappa shape index (κ3) is 2.62. The van der Waals surface area contributed by atoms with Crippen LogP contribution in [-0.2, 0) is 6.54 Å². The highest BCUT2D eigenvalue weighted by molar-refractivity contribution is 9.18. The number of amides is 1. The monoisotopic (exact) mass is 271 g/mol. The lowest BCUT2D eigenvalue weighted by atomic mass is 10.2. The average molecular weight is 272 g/mol. The molecule has 0 spiro atoms. The van der Waals surface area contributed by atoms with Gasteiger partial charge in [-0.05, 0) is 17.7 Å². The van der Waals surface area contributed by atoms with E-state index in [4.69, 9.17) is 9.47 Å². The number of carbonyl (C=O) groups excluding carboxylic acids is 1. The number of rotatable bonds is 2. The van der Waals surface area contributed by atoms with Gasteiger partial charge in [0.2, 0.25) is 0 Å². The zero-order valence-corrected chi connectivity index (χ0v) is 9.54. The van der Waals surface area contributed by atoms with Crippen molar-refractivity contribution < 1.29 is 14.3 Å². The quantitative estimate of drug-likeness (QED) is 0.662. The van der Waals surface area contributed by atoms with Gasteiger partial charge in [0.05, 0.1) is 0 Å². The molecule has 1 aliphatic heterocycles. The van der Waals surface area contributed by atoms with Crippen LogP contribution in [0.4, 0.5) is 4.79 Å². The molecule has 15 heavy (non-hydrogen) atoms. The zero-order chi connectivity index (χ0) is 10.7. The first-order valence-electron chi connectivity index (χ1n) is 4.57. The summed E-state index contributed by atoms with van der Waals surface area (Å²) in [4.78, 5) is 10.4. The molecule has 1 aromatic rings. The van der Waals surface area contributed by atoms with Gasteiger partial charge in [-0.2, -0.15) is 0 Å². The first kappa shape index (κ1) is 10.3. The van der Waals surface area contributed by atoms with Crippen LogP contribution in [0.2, 0.25) is 0 Å². The van der Waals surface area contributed by atoms with E-state index < -0.39 is 0 Å². The van der Waals surface area contributed by atoms with E-state index in [1.165, 1.54) is 0 Å². The standard InChI is InChI=1S/C10H10BrNO3/c11-10(13)12-6-7-1-2-8-9(5-7)15-4-3-14-8/h1-2,5H,3-4,6H2,(H,12,13). The number of halogens is 1. The van der Waals surface area contributed by atoms with Crippen LogP contribution in [0.5, 0.6) is 11.5 Å². The lowest BCUT2D eigenvalue weighted by Crippen LogP contribution is -2.17. The topological polar surface area (TPSA) is 47.6 Å². The summed E-state index contributed by atoms with van der Waals surface area (Å²) in [6.45, 7) is 1.63. The van der Waals surface area contributed by atoms with Crippen LogP contribution in [0.25, 0.3) is 0 Å². The maximum atomic E-state index is 10.7. The van der Waals surface area contributed by atoms with Crippen LogP contribution in [0, 0.1) is 0 Å². The molecule has 0 aromatic heterocycles. The molecule has 1 N–H and O–H groups in total. The van der Waals surface area contributed by atoms with Gasteiger partial charge in [0.15, 0.2) is 11.5 Å². The summed E-state index contributed by atoms with van der Waals surface area (Å²) in [6.07, 6.45) is 0. The van der Waals surface area contributed by atoms with Gasteiger partial charge in [0.25, 0.3) is 4.82 Å². The third-order valence-corrected chi connectivity index (χ3v) is 2.32. The van der Waals surface area contributed by atoms with Crippen LogP contribution in [0.15, 0.2) is 18.2 Å². The molecular formula is C10H10BrNO3. The summed E-state index contributed by atoms with van der Waals surface area (Å²) in [6, 6.07) is 5.62. The summed E-state index contributed by atoms with van der Waals surface area (Å²) in [7, 11) is 0. The lowest BCUT2D eigenvalue weighted by molar-refractivity contribution is 0.171. The van der Waals surface area contributed by atoms with Gasteiger partial charge in [-0.25, -0.2) is 0 Å². The molecule has 80 valence electrons. The first-order valence-corrected chi connectivity index (χ1v) is 5.37. The van der Waals surface area contributed by atoms with Crippen molar-refractivity contribution in [1.29, 1.82) is 0 Å². The molecule has 0 radical (unpaired) electrons. The Balaban J connectivity index is 2.10. The van der Waals surface area contributed by atoms with E-state index in [1.54, 1.807) is 0 Å². The van der Waals surface area contributed by atoms with Crippen molar-refractivity contribution in [1.82, 2.24) is 5.32 Å². The maximum Gasteiger partial charge on any atom is 0.287 e. The summed E-state index contributed by atoms with van der Waals surface area (Å²) in [5, 5.41) is 2.65. The Morgan fingerprint density at radius 3 is 2.80 bits per heavy atom. The Labute approximate surface area is 95.7 Å². The average Bonchev–Trinajstić information content (AvgIpc) is 2.26. The fraction of sp³-hybridized carbons (Fsp3) is 0.300. The van der Waals surface area contributed by atoms with Crippen LogP contribution < -0.4 is 14.8 Å². The maximum absolute atomic E-state index is 10.7. The predicted molar refractivity (Wildman–Crippen MR) is 58.6 cm³/mol. The minimum atomic E-state index is -0.225. The van der Waals surface area contributed by atoms with E-state index in [9.17, 15) is 4.79 Å². The highest BCUT2D eigenvalue weighted by atomic mass is 79.9. The van der Waals surface area contributed by atoms with Crippen molar-refractivity contribution in [2.75, 3.05) is 13.2 Å². The van der Waals surface area contributed by atoms with E-state index >= 15 is 0 Å². The summed E-state index contributed by atoms with van der Waals surface area (Å²) >= 11 is 2.80. The molecule has 0 bridgehead atoms. The molecule has 0 fully saturated rings. The van der Waals surface area contributed by atoms with Crippen LogP contribution in [0.1, 0.15) is 5.56 Å². The van der Waals surface area contributed by atoms with Crippen molar-refractivity contribution in [3.63, 3.8) is 0 Å². The van der Waals surface area contributed by atoms with Gasteiger partial charge in [0, 0.05) is 22.5 Å². The second-order valence-electron chi connectivity index (χ2n) is 3.11. The van der Waals surface area contributed by atoms with Gasteiger partial charge < -0.3 is 14.8 Å². The van der Waals surface area contributed by atoms with Gasteiger partial charge in [-0.3, -0.25) is 4.79 Å². The van der Waals surface area contributed by atoms with Crippen LogP contribution >= 0.6 is 15.9 Å². The van der Waals surface area contributed by atoms with Crippen molar-refractivity contribution in [3.05, 3.63) is 23.8 Å². The van der Waals surface area contributed by atoms with E-state index in [0.717, 1.165) is 17.1 Å². The molecule has 0 saturated carbocycles. The smallest absolute Gasteiger partial charge is 0.287 e. The highest BCUT2D eigenvalue weighted by Crippen LogP contribution is 2.30. The molecule has 2 rings (SSSR count). The molecule has 1 amide bonds. The number of benzene rings is 1. The van der Waals surface area contributed by atoms with E-state index in [0.29, 0.717) is 19.8 Å². The van der Waals surface area contributed by atoms with E-state index in [1.807, 2.05) is 18.2 Å². The summed E-state index contributed by atoms with van der Waals surface area (Å²) < 4.78 is 10.8. The lowest BCUT2D eigenvalue weighted by Gasteiger charge is -2.18. The minimum absolute atomic E-state index is 0.225. The Hall–Kier alpha value is -1.23. The minimum Gasteiger partial charge on any atom is -0.486 e. The fourth-order valence-corrected chi connectivity index (χ4v) is 1.51. The molecule has 1 heterocycles. The van der Waals surface area contributed by atoms with Crippen molar-refractivity contribution in [2.45, 2.75) is 6.54 Å². The molecule has 0 saturated heterocycles.